The summed E-state index contributed by atoms with van der Waals surface area (Å²) in [5.41, 5.74) is -0.0119. The van der Waals surface area contributed by atoms with Gasteiger partial charge >= 0.3 is 11.4 Å². The lowest BCUT2D eigenvalue weighted by molar-refractivity contribution is 0.0553. The lowest BCUT2D eigenvalue weighted by Crippen LogP contribution is -2.55. The van der Waals surface area contributed by atoms with Gasteiger partial charge in [-0.3, -0.25) is 0 Å². The van der Waals surface area contributed by atoms with Gasteiger partial charge in [-0.15, -0.1) is 0 Å². The highest BCUT2D eigenvalue weighted by atomic mass is 16.2. The fourth-order valence-electron chi connectivity index (χ4n) is 7.24. The molecule has 138 valence electrons. The van der Waals surface area contributed by atoms with Crippen molar-refractivity contribution in [2.45, 2.75) is 65.1 Å². The van der Waals surface area contributed by atoms with E-state index in [0.29, 0.717) is 11.8 Å². The van der Waals surface area contributed by atoms with Gasteiger partial charge in [0.15, 0.2) is 0 Å². The topological polar surface area (TPSA) is 48.9 Å². The Kier molecular flexibility index (Phi) is 2.38. The summed E-state index contributed by atoms with van der Waals surface area (Å²) in [6.45, 7) is 9.19. The number of hydrogen-bond donors (Lipinski definition) is 0. The molecule has 1 aromatic heterocycles. The summed E-state index contributed by atoms with van der Waals surface area (Å²) in [5, 5.41) is 0. The normalized spacial score (nSPS) is 48.5. The third-order valence-corrected chi connectivity index (χ3v) is 9.52. The second-order valence-corrected chi connectivity index (χ2v) is 10.3. The van der Waals surface area contributed by atoms with Gasteiger partial charge in [-0.05, 0) is 36.0 Å². The smallest absolute Gasteiger partial charge is 0.246 e. The molecular formula is C21H27N3O2. The molecule has 7 atom stereocenters. The predicted molar refractivity (Wildman–Crippen MR) is 99.2 cm³/mol. The molecule has 3 heterocycles. The molecule has 26 heavy (non-hydrogen) atoms. The van der Waals surface area contributed by atoms with Gasteiger partial charge in [0, 0.05) is 17.4 Å². The summed E-state index contributed by atoms with van der Waals surface area (Å²) in [6, 6.07) is -0.0288. The van der Waals surface area contributed by atoms with Gasteiger partial charge in [-0.1, -0.05) is 52.0 Å². The fraction of sp³-hybridized carbons (Fsp3) is 0.714. The minimum Gasteiger partial charge on any atom is -0.246 e. The van der Waals surface area contributed by atoms with Crippen molar-refractivity contribution in [3.63, 3.8) is 0 Å². The van der Waals surface area contributed by atoms with Crippen LogP contribution in [0.5, 0.6) is 0 Å². The molecule has 7 rings (SSSR count). The molecule has 0 N–H and O–H groups in total. The zero-order valence-corrected chi connectivity index (χ0v) is 16.0. The molecule has 2 aliphatic heterocycles. The molecule has 2 saturated carbocycles. The molecule has 2 fully saturated rings. The summed E-state index contributed by atoms with van der Waals surface area (Å²) in [6.07, 6.45) is 12.0. The zero-order valence-electron chi connectivity index (χ0n) is 16.0. The Morgan fingerprint density at radius 2 is 1.73 bits per heavy atom. The molecule has 4 bridgehead atoms. The molecule has 6 aliphatic rings. The molecule has 1 aromatic rings. The van der Waals surface area contributed by atoms with E-state index in [4.69, 9.17) is 0 Å². The number of hydrogen-bond acceptors (Lipinski definition) is 2. The molecule has 0 unspecified atom stereocenters. The predicted octanol–water partition coefficient (Wildman–Crippen LogP) is 3.06. The zero-order chi connectivity index (χ0) is 18.2. The van der Waals surface area contributed by atoms with Gasteiger partial charge in [-0.2, -0.15) is 0 Å². The highest BCUT2D eigenvalue weighted by Gasteiger charge is 2.63. The van der Waals surface area contributed by atoms with E-state index in [9.17, 15) is 9.59 Å². The average Bonchev–Trinajstić information content (AvgIpc) is 3.04. The Labute approximate surface area is 153 Å². The van der Waals surface area contributed by atoms with Gasteiger partial charge in [0.25, 0.3) is 0 Å². The molecule has 0 saturated heterocycles. The lowest BCUT2D eigenvalue weighted by Gasteiger charge is -2.55. The van der Waals surface area contributed by atoms with Crippen LogP contribution in [0.4, 0.5) is 0 Å². The van der Waals surface area contributed by atoms with Crippen molar-refractivity contribution >= 4 is 0 Å². The number of allylic oxidation sites excluding steroid dienone is 4. The van der Waals surface area contributed by atoms with E-state index in [0.717, 1.165) is 12.8 Å². The summed E-state index contributed by atoms with van der Waals surface area (Å²) >= 11 is 0. The quantitative estimate of drug-likeness (QED) is 0.729. The van der Waals surface area contributed by atoms with Crippen LogP contribution in [0.1, 0.15) is 65.1 Å². The lowest BCUT2D eigenvalue weighted by atomic mass is 9.57. The number of aromatic nitrogens is 3. The maximum atomic E-state index is 13.5. The van der Waals surface area contributed by atoms with Crippen LogP contribution in [0.15, 0.2) is 33.9 Å². The Morgan fingerprint density at radius 1 is 1.00 bits per heavy atom. The molecule has 0 amide bonds. The summed E-state index contributed by atoms with van der Waals surface area (Å²) < 4.78 is 5.18. The van der Waals surface area contributed by atoms with E-state index in [1.54, 1.807) is 13.9 Å². The highest BCUT2D eigenvalue weighted by Crippen LogP contribution is 2.69. The molecule has 0 radical (unpaired) electrons. The monoisotopic (exact) mass is 353 g/mol. The molecule has 0 aromatic carbocycles. The third kappa shape index (κ3) is 1.29. The van der Waals surface area contributed by atoms with Gasteiger partial charge in [0.2, 0.25) is 0 Å². The van der Waals surface area contributed by atoms with Gasteiger partial charge in [0.05, 0.1) is 12.1 Å². The third-order valence-electron chi connectivity index (χ3n) is 9.52. The minimum absolute atomic E-state index is 0.0177. The Morgan fingerprint density at radius 3 is 2.31 bits per heavy atom. The molecule has 5 nitrogen and oxygen atoms in total. The SMILES string of the molecule is CC1(C)[C@@H]2CC[C@]1(C)[C@@H](n1c(=O)n3n(c1=O)[C@@H]1C=C[C@@H]3[C@@H]3C=C[C@@]31C)C2. The number of nitrogens with zero attached hydrogens (tertiary/aromatic N) is 3. The van der Waals surface area contributed by atoms with Crippen molar-refractivity contribution in [3.8, 4) is 0 Å². The summed E-state index contributed by atoms with van der Waals surface area (Å²) in [4.78, 5) is 27.0. The first-order chi connectivity index (χ1) is 12.2. The standard InChI is InChI=1S/C21H27N3O2/c1-19(2)12-7-10-21(19,4)16(11-12)22-17(25)23-14-5-6-15(24(23)18(22)26)20(3)9-8-13(14)20/h5-6,8-9,12-16H,7,10-11H2,1-4H3/t12-,13+,14-,15-,16+,20+,21-/m1/s1. The van der Waals surface area contributed by atoms with Crippen molar-refractivity contribution in [2.24, 2.45) is 28.1 Å². The van der Waals surface area contributed by atoms with E-state index in [1.165, 1.54) is 6.42 Å². The maximum absolute atomic E-state index is 13.5. The molecule has 4 aliphatic carbocycles. The van der Waals surface area contributed by atoms with E-state index < -0.39 is 0 Å². The first kappa shape index (κ1) is 15.3. The second kappa shape index (κ2) is 4.05. The summed E-state index contributed by atoms with van der Waals surface area (Å²) in [7, 11) is 0. The van der Waals surface area contributed by atoms with Crippen LogP contribution in [0, 0.1) is 28.1 Å². The molecular weight excluding hydrogens is 326 g/mol. The van der Waals surface area contributed by atoms with Gasteiger partial charge in [-0.25, -0.2) is 23.5 Å². The van der Waals surface area contributed by atoms with Crippen LogP contribution in [0.3, 0.4) is 0 Å². The van der Waals surface area contributed by atoms with Crippen LogP contribution in [0.2, 0.25) is 0 Å². The van der Waals surface area contributed by atoms with E-state index in [1.807, 2.05) is 0 Å². The van der Waals surface area contributed by atoms with Crippen LogP contribution >= 0.6 is 0 Å². The van der Waals surface area contributed by atoms with Crippen molar-refractivity contribution in [1.29, 1.82) is 0 Å². The second-order valence-electron chi connectivity index (χ2n) is 10.3. The van der Waals surface area contributed by atoms with Crippen LogP contribution in [-0.4, -0.2) is 13.9 Å². The number of rotatable bonds is 1. The van der Waals surface area contributed by atoms with Gasteiger partial charge < -0.3 is 0 Å². The summed E-state index contributed by atoms with van der Waals surface area (Å²) in [5.74, 6) is 0.938. The van der Waals surface area contributed by atoms with Crippen molar-refractivity contribution in [2.75, 3.05) is 0 Å². The van der Waals surface area contributed by atoms with E-state index in [2.05, 4.69) is 52.0 Å². The molecule has 0 spiro atoms. The minimum atomic E-state index is -0.0936. The molecule has 5 heteroatoms. The van der Waals surface area contributed by atoms with Crippen LogP contribution in [-0.2, 0) is 0 Å². The fourth-order valence-corrected chi connectivity index (χ4v) is 7.24. The van der Waals surface area contributed by atoms with Crippen LogP contribution < -0.4 is 11.4 Å². The Balaban J connectivity index is 1.57. The Hall–Kier alpha value is -1.78. The first-order valence-corrected chi connectivity index (χ1v) is 10.0. The maximum Gasteiger partial charge on any atom is 0.348 e. The van der Waals surface area contributed by atoms with E-state index in [-0.39, 0.29) is 45.7 Å². The highest BCUT2D eigenvalue weighted by molar-refractivity contribution is 5.33. The first-order valence-electron chi connectivity index (χ1n) is 10.0. The van der Waals surface area contributed by atoms with Crippen molar-refractivity contribution in [1.82, 2.24) is 13.9 Å². The number of fused-ring (bicyclic) bond motifs is 2. The largest absolute Gasteiger partial charge is 0.348 e. The van der Waals surface area contributed by atoms with Crippen molar-refractivity contribution < 1.29 is 0 Å². The van der Waals surface area contributed by atoms with Crippen molar-refractivity contribution in [3.05, 3.63) is 45.3 Å². The Bertz CT molecular complexity index is 1020. The van der Waals surface area contributed by atoms with Gasteiger partial charge in [0.1, 0.15) is 0 Å². The van der Waals surface area contributed by atoms with E-state index >= 15 is 0 Å². The van der Waals surface area contributed by atoms with Crippen LogP contribution in [0.25, 0.3) is 0 Å². The average molecular weight is 353 g/mol.